The summed E-state index contributed by atoms with van der Waals surface area (Å²) in [6.45, 7) is 12.3. The molecule has 0 aliphatic carbocycles. The van der Waals surface area contributed by atoms with Crippen LogP contribution in [-0.4, -0.2) is 37.6 Å². The molecule has 2 unspecified atom stereocenters. The van der Waals surface area contributed by atoms with Crippen molar-refractivity contribution in [1.29, 1.82) is 0 Å². The van der Waals surface area contributed by atoms with Gasteiger partial charge in [-0.3, -0.25) is 0 Å². The van der Waals surface area contributed by atoms with E-state index in [1.807, 2.05) is 6.92 Å². The number of hydrogen-bond acceptors (Lipinski definition) is 3. The fraction of sp³-hybridized carbons (Fsp3) is 0.875. The molecule has 0 spiro atoms. The minimum Gasteiger partial charge on any atom is -0.388 e. The van der Waals surface area contributed by atoms with Crippen molar-refractivity contribution in [3.63, 3.8) is 0 Å². The summed E-state index contributed by atoms with van der Waals surface area (Å²) in [5.74, 6) is 0.622. The van der Waals surface area contributed by atoms with Gasteiger partial charge in [0, 0.05) is 6.61 Å². The first-order valence-corrected chi connectivity index (χ1v) is 7.58. The van der Waals surface area contributed by atoms with Crippen LogP contribution in [0.2, 0.25) is 0 Å². The van der Waals surface area contributed by atoms with Crippen molar-refractivity contribution in [3.8, 4) is 0 Å². The SMILES string of the molecule is C=C(C)CCOCC(O)COCC(CC)CCCC. The van der Waals surface area contributed by atoms with E-state index in [9.17, 15) is 5.11 Å². The molecule has 0 aromatic heterocycles. The van der Waals surface area contributed by atoms with E-state index in [-0.39, 0.29) is 0 Å². The van der Waals surface area contributed by atoms with Crippen LogP contribution in [0.5, 0.6) is 0 Å². The average molecular weight is 272 g/mol. The van der Waals surface area contributed by atoms with E-state index in [2.05, 4.69) is 20.4 Å². The minimum absolute atomic E-state index is 0.346. The van der Waals surface area contributed by atoms with E-state index in [0.29, 0.717) is 25.7 Å². The second kappa shape index (κ2) is 12.6. The molecule has 0 rings (SSSR count). The molecule has 114 valence electrons. The molecule has 1 N–H and O–H groups in total. The van der Waals surface area contributed by atoms with Gasteiger partial charge in [-0.15, -0.1) is 6.58 Å². The maximum absolute atomic E-state index is 9.70. The summed E-state index contributed by atoms with van der Waals surface area (Å²) in [5.41, 5.74) is 1.10. The summed E-state index contributed by atoms with van der Waals surface area (Å²) in [7, 11) is 0. The van der Waals surface area contributed by atoms with Crippen LogP contribution in [0.3, 0.4) is 0 Å². The first-order valence-electron chi connectivity index (χ1n) is 7.58. The molecule has 0 saturated carbocycles. The highest BCUT2D eigenvalue weighted by Crippen LogP contribution is 2.12. The van der Waals surface area contributed by atoms with Crippen LogP contribution < -0.4 is 0 Å². The molecule has 3 nitrogen and oxygen atoms in total. The standard InChI is InChI=1S/C16H32O3/c1-5-7-8-15(6-2)11-19-13-16(17)12-18-10-9-14(3)4/h15-17H,3,5-13H2,1-2,4H3. The molecule has 0 radical (unpaired) electrons. The van der Waals surface area contributed by atoms with Crippen molar-refractivity contribution in [3.05, 3.63) is 12.2 Å². The molecule has 0 heterocycles. The Bertz CT molecular complexity index is 216. The molecular weight excluding hydrogens is 240 g/mol. The van der Waals surface area contributed by atoms with Crippen molar-refractivity contribution in [2.24, 2.45) is 5.92 Å². The van der Waals surface area contributed by atoms with E-state index in [4.69, 9.17) is 9.47 Å². The van der Waals surface area contributed by atoms with Crippen molar-refractivity contribution in [2.45, 2.75) is 59.0 Å². The van der Waals surface area contributed by atoms with Crippen molar-refractivity contribution >= 4 is 0 Å². The third-order valence-corrected chi connectivity index (χ3v) is 3.19. The monoisotopic (exact) mass is 272 g/mol. The smallest absolute Gasteiger partial charge is 0.101 e. The van der Waals surface area contributed by atoms with Crippen LogP contribution in [0, 0.1) is 5.92 Å². The molecule has 0 fully saturated rings. The van der Waals surface area contributed by atoms with Gasteiger partial charge in [-0.25, -0.2) is 0 Å². The average Bonchev–Trinajstić information content (AvgIpc) is 2.38. The van der Waals surface area contributed by atoms with Gasteiger partial charge in [0.25, 0.3) is 0 Å². The Labute approximate surface area is 119 Å². The van der Waals surface area contributed by atoms with E-state index < -0.39 is 6.10 Å². The van der Waals surface area contributed by atoms with E-state index in [0.717, 1.165) is 25.0 Å². The summed E-state index contributed by atoms with van der Waals surface area (Å²) in [4.78, 5) is 0. The molecule has 0 aromatic carbocycles. The lowest BCUT2D eigenvalue weighted by Crippen LogP contribution is -2.23. The fourth-order valence-corrected chi connectivity index (χ4v) is 1.78. The second-order valence-corrected chi connectivity index (χ2v) is 5.39. The van der Waals surface area contributed by atoms with Gasteiger partial charge in [0.15, 0.2) is 0 Å². The topological polar surface area (TPSA) is 38.7 Å². The molecule has 0 bridgehead atoms. The maximum Gasteiger partial charge on any atom is 0.101 e. The molecular formula is C16H32O3. The van der Waals surface area contributed by atoms with E-state index in [1.54, 1.807) is 0 Å². The third kappa shape index (κ3) is 12.4. The zero-order valence-corrected chi connectivity index (χ0v) is 13.0. The number of aliphatic hydroxyl groups excluding tert-OH is 1. The van der Waals surface area contributed by atoms with E-state index >= 15 is 0 Å². The number of hydrogen-bond donors (Lipinski definition) is 1. The highest BCUT2D eigenvalue weighted by molar-refractivity contribution is 4.87. The lowest BCUT2D eigenvalue weighted by atomic mass is 10.0. The van der Waals surface area contributed by atoms with Crippen LogP contribution in [0.4, 0.5) is 0 Å². The molecule has 2 atom stereocenters. The van der Waals surface area contributed by atoms with Crippen LogP contribution in [0.25, 0.3) is 0 Å². The van der Waals surface area contributed by atoms with Gasteiger partial charge in [0.1, 0.15) is 6.10 Å². The van der Waals surface area contributed by atoms with Crippen molar-refractivity contribution in [1.82, 2.24) is 0 Å². The minimum atomic E-state index is -0.520. The van der Waals surface area contributed by atoms with Gasteiger partial charge in [-0.2, -0.15) is 0 Å². The lowest BCUT2D eigenvalue weighted by molar-refractivity contribution is -0.0265. The summed E-state index contributed by atoms with van der Waals surface area (Å²) in [6, 6.07) is 0. The van der Waals surface area contributed by atoms with Crippen molar-refractivity contribution < 1.29 is 14.6 Å². The molecule has 0 amide bonds. The third-order valence-electron chi connectivity index (χ3n) is 3.19. The van der Waals surface area contributed by atoms with Crippen LogP contribution in [-0.2, 0) is 9.47 Å². The van der Waals surface area contributed by atoms with Gasteiger partial charge >= 0.3 is 0 Å². The van der Waals surface area contributed by atoms with Gasteiger partial charge in [-0.05, 0) is 25.7 Å². The van der Waals surface area contributed by atoms with Gasteiger partial charge < -0.3 is 14.6 Å². The number of aliphatic hydroxyl groups is 1. The van der Waals surface area contributed by atoms with Crippen molar-refractivity contribution in [2.75, 3.05) is 26.4 Å². The quantitative estimate of drug-likeness (QED) is 0.411. The van der Waals surface area contributed by atoms with Crippen LogP contribution >= 0.6 is 0 Å². The molecule has 3 heteroatoms. The van der Waals surface area contributed by atoms with Crippen LogP contribution in [0.1, 0.15) is 52.9 Å². The normalized spacial score (nSPS) is 14.3. The second-order valence-electron chi connectivity index (χ2n) is 5.39. The first-order chi connectivity index (χ1) is 9.10. The Morgan fingerprint density at radius 2 is 1.84 bits per heavy atom. The van der Waals surface area contributed by atoms with Gasteiger partial charge in [0.05, 0.1) is 19.8 Å². The fourth-order valence-electron chi connectivity index (χ4n) is 1.78. The van der Waals surface area contributed by atoms with Crippen LogP contribution in [0.15, 0.2) is 12.2 Å². The molecule has 19 heavy (non-hydrogen) atoms. The summed E-state index contributed by atoms with van der Waals surface area (Å²) in [6.07, 6.45) is 5.18. The first kappa shape index (κ1) is 18.6. The summed E-state index contributed by atoms with van der Waals surface area (Å²) < 4.78 is 10.9. The zero-order chi connectivity index (χ0) is 14.5. The largest absolute Gasteiger partial charge is 0.388 e. The highest BCUT2D eigenvalue weighted by Gasteiger charge is 2.09. The zero-order valence-electron chi connectivity index (χ0n) is 13.0. The maximum atomic E-state index is 9.70. The number of ether oxygens (including phenoxy) is 2. The summed E-state index contributed by atoms with van der Waals surface area (Å²) in [5, 5.41) is 9.70. The molecule has 0 saturated heterocycles. The van der Waals surface area contributed by atoms with Gasteiger partial charge in [-0.1, -0.05) is 38.7 Å². The number of unbranched alkanes of at least 4 members (excludes halogenated alkanes) is 1. The highest BCUT2D eigenvalue weighted by atomic mass is 16.5. The Morgan fingerprint density at radius 1 is 1.16 bits per heavy atom. The van der Waals surface area contributed by atoms with Gasteiger partial charge in [0.2, 0.25) is 0 Å². The van der Waals surface area contributed by atoms with E-state index in [1.165, 1.54) is 19.3 Å². The Morgan fingerprint density at radius 3 is 2.42 bits per heavy atom. The summed E-state index contributed by atoms with van der Waals surface area (Å²) >= 11 is 0. The molecule has 0 aliphatic rings. The predicted molar refractivity (Wildman–Crippen MR) is 80.4 cm³/mol. The number of rotatable bonds is 13. The molecule has 0 aromatic rings. The Hall–Kier alpha value is -0.380. The molecule has 0 aliphatic heterocycles. The predicted octanol–water partition coefficient (Wildman–Crippen LogP) is 3.56. The Balaban J connectivity index is 3.49. The Kier molecular flexibility index (Phi) is 12.4. The lowest BCUT2D eigenvalue weighted by Gasteiger charge is -2.17.